The summed E-state index contributed by atoms with van der Waals surface area (Å²) in [5.41, 5.74) is 2.16. The molecule has 1 atom stereocenters. The molecule has 1 saturated heterocycles. The molecular formula is C15H26N4O. The summed E-state index contributed by atoms with van der Waals surface area (Å²) in [7, 11) is 0. The van der Waals surface area contributed by atoms with E-state index in [-0.39, 0.29) is 11.9 Å². The van der Waals surface area contributed by atoms with E-state index in [2.05, 4.69) is 21.8 Å². The highest BCUT2D eigenvalue weighted by atomic mass is 16.1. The highest BCUT2D eigenvalue weighted by molar-refractivity contribution is 5.76. The summed E-state index contributed by atoms with van der Waals surface area (Å²) in [5, 5.41) is 10.8. The molecule has 5 heteroatoms. The van der Waals surface area contributed by atoms with Crippen molar-refractivity contribution < 1.29 is 4.79 Å². The van der Waals surface area contributed by atoms with Crippen LogP contribution in [0.15, 0.2) is 6.07 Å². The Morgan fingerprint density at radius 3 is 2.80 bits per heavy atom. The highest BCUT2D eigenvalue weighted by Crippen LogP contribution is 2.15. The van der Waals surface area contributed by atoms with Crippen LogP contribution in [-0.2, 0) is 11.3 Å². The van der Waals surface area contributed by atoms with Crippen molar-refractivity contribution in [3.8, 4) is 0 Å². The summed E-state index contributed by atoms with van der Waals surface area (Å²) < 4.78 is 1.96. The maximum absolute atomic E-state index is 12.0. The molecule has 0 radical (unpaired) electrons. The van der Waals surface area contributed by atoms with Crippen molar-refractivity contribution in [3.05, 3.63) is 17.5 Å². The molecule has 1 aromatic rings. The van der Waals surface area contributed by atoms with Gasteiger partial charge in [-0.1, -0.05) is 0 Å². The molecule has 2 heterocycles. The van der Waals surface area contributed by atoms with Gasteiger partial charge in [-0.05, 0) is 58.7 Å². The topological polar surface area (TPSA) is 59.0 Å². The second kappa shape index (κ2) is 6.88. The molecule has 5 nitrogen and oxygen atoms in total. The van der Waals surface area contributed by atoms with Crippen LogP contribution in [0, 0.1) is 19.8 Å². The zero-order valence-corrected chi connectivity index (χ0v) is 12.8. The Hall–Kier alpha value is -1.36. The first-order valence-electron chi connectivity index (χ1n) is 7.55. The largest absolute Gasteiger partial charge is 0.352 e. The zero-order valence-electron chi connectivity index (χ0n) is 12.8. The average molecular weight is 278 g/mol. The van der Waals surface area contributed by atoms with Crippen LogP contribution in [0.25, 0.3) is 0 Å². The van der Waals surface area contributed by atoms with Gasteiger partial charge in [0.15, 0.2) is 0 Å². The van der Waals surface area contributed by atoms with Gasteiger partial charge in [0.05, 0.1) is 12.2 Å². The van der Waals surface area contributed by atoms with E-state index < -0.39 is 0 Å². The first-order chi connectivity index (χ1) is 9.54. The van der Waals surface area contributed by atoms with Gasteiger partial charge in [-0.3, -0.25) is 9.48 Å². The van der Waals surface area contributed by atoms with Crippen molar-refractivity contribution in [2.24, 2.45) is 5.92 Å². The SMILES string of the molecule is Cc1cc(C)n(C[C@@H](C)NC(=O)CC2CCNCC2)n1. The van der Waals surface area contributed by atoms with Crippen LogP contribution < -0.4 is 10.6 Å². The molecule has 0 saturated carbocycles. The van der Waals surface area contributed by atoms with E-state index in [0.717, 1.165) is 43.9 Å². The Kier molecular flexibility index (Phi) is 5.17. The summed E-state index contributed by atoms with van der Waals surface area (Å²) in [6, 6.07) is 2.17. The smallest absolute Gasteiger partial charge is 0.220 e. The summed E-state index contributed by atoms with van der Waals surface area (Å²) >= 11 is 0. The van der Waals surface area contributed by atoms with Gasteiger partial charge in [0.2, 0.25) is 5.91 Å². The Bertz CT molecular complexity index is 449. The van der Waals surface area contributed by atoms with Crippen molar-refractivity contribution in [2.45, 2.75) is 52.6 Å². The minimum absolute atomic E-state index is 0.113. The second-order valence-electron chi connectivity index (χ2n) is 5.98. The van der Waals surface area contributed by atoms with Crippen molar-refractivity contribution in [1.29, 1.82) is 0 Å². The van der Waals surface area contributed by atoms with E-state index in [0.29, 0.717) is 12.3 Å². The number of amides is 1. The fourth-order valence-electron chi connectivity index (χ4n) is 2.85. The summed E-state index contributed by atoms with van der Waals surface area (Å²) in [6.45, 7) is 8.89. The number of nitrogens with one attached hydrogen (secondary N) is 2. The lowest BCUT2D eigenvalue weighted by Crippen LogP contribution is -2.38. The van der Waals surface area contributed by atoms with E-state index >= 15 is 0 Å². The molecule has 20 heavy (non-hydrogen) atoms. The van der Waals surface area contributed by atoms with Gasteiger partial charge in [-0.25, -0.2) is 0 Å². The number of aromatic nitrogens is 2. The van der Waals surface area contributed by atoms with Gasteiger partial charge in [0.25, 0.3) is 0 Å². The molecule has 112 valence electrons. The number of carbonyl (C=O) groups is 1. The number of carbonyl (C=O) groups excluding carboxylic acids is 1. The second-order valence-corrected chi connectivity index (χ2v) is 5.98. The molecule has 1 aliphatic rings. The molecule has 1 aromatic heterocycles. The van der Waals surface area contributed by atoms with Crippen LogP contribution in [0.2, 0.25) is 0 Å². The quantitative estimate of drug-likeness (QED) is 0.856. The molecule has 0 unspecified atom stereocenters. The normalized spacial score (nSPS) is 17.9. The number of hydrogen-bond acceptors (Lipinski definition) is 3. The van der Waals surface area contributed by atoms with Gasteiger partial charge in [-0.2, -0.15) is 5.10 Å². The molecule has 0 spiro atoms. The predicted molar refractivity (Wildman–Crippen MR) is 79.5 cm³/mol. The zero-order chi connectivity index (χ0) is 14.5. The first-order valence-corrected chi connectivity index (χ1v) is 7.55. The molecule has 0 aliphatic carbocycles. The Morgan fingerprint density at radius 1 is 1.50 bits per heavy atom. The summed E-state index contributed by atoms with van der Waals surface area (Å²) in [4.78, 5) is 12.0. The van der Waals surface area contributed by atoms with Gasteiger partial charge in [0, 0.05) is 18.2 Å². The van der Waals surface area contributed by atoms with E-state index in [4.69, 9.17) is 0 Å². The summed E-state index contributed by atoms with van der Waals surface area (Å²) in [6.07, 6.45) is 2.88. The molecular weight excluding hydrogens is 252 g/mol. The van der Waals surface area contributed by atoms with Crippen molar-refractivity contribution >= 4 is 5.91 Å². The molecule has 1 amide bonds. The van der Waals surface area contributed by atoms with Gasteiger partial charge < -0.3 is 10.6 Å². The Labute approximate surface area is 121 Å². The number of hydrogen-bond donors (Lipinski definition) is 2. The van der Waals surface area contributed by atoms with Crippen LogP contribution in [0.3, 0.4) is 0 Å². The van der Waals surface area contributed by atoms with Gasteiger partial charge >= 0.3 is 0 Å². The van der Waals surface area contributed by atoms with E-state index in [1.54, 1.807) is 0 Å². The maximum atomic E-state index is 12.0. The highest BCUT2D eigenvalue weighted by Gasteiger charge is 2.18. The van der Waals surface area contributed by atoms with E-state index in [1.165, 1.54) is 0 Å². The predicted octanol–water partition coefficient (Wildman–Crippen LogP) is 1.39. The number of nitrogens with zero attached hydrogens (tertiary/aromatic N) is 2. The lowest BCUT2D eigenvalue weighted by atomic mass is 9.94. The van der Waals surface area contributed by atoms with Gasteiger partial charge in [-0.15, -0.1) is 0 Å². The fourth-order valence-corrected chi connectivity index (χ4v) is 2.85. The molecule has 0 aromatic carbocycles. The monoisotopic (exact) mass is 278 g/mol. The molecule has 2 N–H and O–H groups in total. The number of piperidine rings is 1. The lowest BCUT2D eigenvalue weighted by Gasteiger charge is -2.23. The summed E-state index contributed by atoms with van der Waals surface area (Å²) in [5.74, 6) is 0.711. The molecule has 1 aliphatic heterocycles. The Morgan fingerprint density at radius 2 is 2.20 bits per heavy atom. The third-order valence-electron chi connectivity index (χ3n) is 3.89. The average Bonchev–Trinajstić information content (AvgIpc) is 2.68. The lowest BCUT2D eigenvalue weighted by molar-refractivity contribution is -0.122. The minimum Gasteiger partial charge on any atom is -0.352 e. The minimum atomic E-state index is 0.113. The third kappa shape index (κ3) is 4.34. The first kappa shape index (κ1) is 15.0. The van der Waals surface area contributed by atoms with Crippen LogP contribution in [0.1, 0.15) is 37.6 Å². The fraction of sp³-hybridized carbons (Fsp3) is 0.733. The van der Waals surface area contributed by atoms with Crippen molar-refractivity contribution in [2.75, 3.05) is 13.1 Å². The maximum Gasteiger partial charge on any atom is 0.220 e. The molecule has 2 rings (SSSR count). The van der Waals surface area contributed by atoms with Crippen LogP contribution in [0.5, 0.6) is 0 Å². The third-order valence-corrected chi connectivity index (χ3v) is 3.89. The molecule has 0 bridgehead atoms. The van der Waals surface area contributed by atoms with E-state index in [9.17, 15) is 4.79 Å². The van der Waals surface area contributed by atoms with Crippen LogP contribution in [0.4, 0.5) is 0 Å². The van der Waals surface area contributed by atoms with Crippen molar-refractivity contribution in [1.82, 2.24) is 20.4 Å². The van der Waals surface area contributed by atoms with E-state index in [1.807, 2.05) is 25.5 Å². The van der Waals surface area contributed by atoms with Crippen LogP contribution >= 0.6 is 0 Å². The number of aryl methyl sites for hydroxylation is 2. The number of rotatable bonds is 5. The van der Waals surface area contributed by atoms with Crippen LogP contribution in [-0.4, -0.2) is 34.8 Å². The van der Waals surface area contributed by atoms with Gasteiger partial charge in [0.1, 0.15) is 0 Å². The molecule has 1 fully saturated rings. The Balaban J connectivity index is 1.77. The van der Waals surface area contributed by atoms with Crippen molar-refractivity contribution in [3.63, 3.8) is 0 Å². The standard InChI is InChI=1S/C15H26N4O/c1-11-8-13(3)19(18-11)10-12(2)17-15(20)9-14-4-6-16-7-5-14/h8,12,14,16H,4-7,9-10H2,1-3H3,(H,17,20)/t12-/m1/s1.